The van der Waals surface area contributed by atoms with Crippen molar-refractivity contribution in [3.63, 3.8) is 0 Å². The summed E-state index contributed by atoms with van der Waals surface area (Å²) in [5.74, 6) is 0.647. The zero-order valence-electron chi connectivity index (χ0n) is 14.5. The Bertz CT molecular complexity index is 1150. The second-order valence-corrected chi connectivity index (χ2v) is 7.62. The van der Waals surface area contributed by atoms with Crippen LogP contribution in [-0.2, 0) is 6.42 Å². The van der Waals surface area contributed by atoms with Crippen molar-refractivity contribution in [2.24, 2.45) is 4.99 Å². The zero-order valence-corrected chi connectivity index (χ0v) is 14.5. The molecule has 1 heterocycles. The van der Waals surface area contributed by atoms with Gasteiger partial charge in [-0.2, -0.15) is 0 Å². The third-order valence-corrected chi connectivity index (χ3v) is 6.27. The number of aryl methyl sites for hydroxylation is 2. The highest BCUT2D eigenvalue weighted by molar-refractivity contribution is 6.14. The van der Waals surface area contributed by atoms with Crippen LogP contribution in [0, 0.1) is 13.8 Å². The highest BCUT2D eigenvalue weighted by atomic mass is 14.8. The predicted octanol–water partition coefficient (Wildman–Crippen LogP) is 5.88. The summed E-state index contributed by atoms with van der Waals surface area (Å²) in [6, 6.07) is 15.7. The number of fused-ring (bicyclic) bond motifs is 5. The molecule has 2 unspecified atom stereocenters. The second kappa shape index (κ2) is 4.49. The smallest absolute Gasteiger partial charge is 0.0671 e. The lowest BCUT2D eigenvalue weighted by Gasteiger charge is -2.35. The maximum Gasteiger partial charge on any atom is 0.0671 e. The molecular weight excluding hydrogens is 302 g/mol. The fraction of sp³-hybridized carbons (Fsp3) is 0.208. The van der Waals surface area contributed by atoms with Gasteiger partial charge in [0.25, 0.3) is 0 Å². The molecule has 1 aliphatic heterocycles. The van der Waals surface area contributed by atoms with Gasteiger partial charge in [0.15, 0.2) is 0 Å². The molecule has 3 aliphatic rings. The van der Waals surface area contributed by atoms with Crippen molar-refractivity contribution in [3.8, 4) is 0 Å². The standard InChI is InChI=1S/C24H19N/c1-13-10-11-16-14(2)12-15-6-5-8-18-21(15)22(16)20(13)23-17-7-3-4-9-19(17)25-24(18)23/h3-5,7-12,18,23H,6H2,1-2H3. The van der Waals surface area contributed by atoms with Crippen LogP contribution in [-0.4, -0.2) is 5.71 Å². The van der Waals surface area contributed by atoms with Gasteiger partial charge in [-0.1, -0.05) is 48.6 Å². The van der Waals surface area contributed by atoms with Crippen molar-refractivity contribution >= 4 is 22.2 Å². The molecule has 0 bridgehead atoms. The van der Waals surface area contributed by atoms with Crippen LogP contribution in [0.15, 0.2) is 59.6 Å². The van der Waals surface area contributed by atoms with E-state index in [4.69, 9.17) is 4.99 Å². The Hall–Kier alpha value is -2.67. The molecule has 3 aromatic rings. The zero-order chi connectivity index (χ0) is 16.7. The van der Waals surface area contributed by atoms with Crippen LogP contribution < -0.4 is 0 Å². The van der Waals surface area contributed by atoms with E-state index in [1.54, 1.807) is 0 Å². The first kappa shape index (κ1) is 13.6. The Morgan fingerprint density at radius 2 is 1.84 bits per heavy atom. The largest absolute Gasteiger partial charge is 0.256 e. The van der Waals surface area contributed by atoms with Crippen LogP contribution in [0.2, 0.25) is 0 Å². The van der Waals surface area contributed by atoms with Gasteiger partial charge in [-0.25, -0.2) is 0 Å². The molecule has 0 amide bonds. The Balaban J connectivity index is 1.84. The van der Waals surface area contributed by atoms with Gasteiger partial charge in [-0.15, -0.1) is 0 Å². The van der Waals surface area contributed by atoms with Crippen molar-refractivity contribution in [1.29, 1.82) is 0 Å². The average molecular weight is 321 g/mol. The minimum Gasteiger partial charge on any atom is -0.256 e. The molecule has 120 valence electrons. The quantitative estimate of drug-likeness (QED) is 0.458. The van der Waals surface area contributed by atoms with E-state index in [-0.39, 0.29) is 0 Å². The Kier molecular flexibility index (Phi) is 2.44. The number of para-hydroxylation sites is 1. The fourth-order valence-electron chi connectivity index (χ4n) is 5.24. The highest BCUT2D eigenvalue weighted by Gasteiger charge is 2.41. The van der Waals surface area contributed by atoms with Gasteiger partial charge in [0.1, 0.15) is 0 Å². The lowest BCUT2D eigenvalue weighted by Crippen LogP contribution is -2.26. The van der Waals surface area contributed by atoms with E-state index in [0.717, 1.165) is 12.1 Å². The maximum atomic E-state index is 5.12. The molecule has 2 atom stereocenters. The van der Waals surface area contributed by atoms with Gasteiger partial charge in [0, 0.05) is 11.6 Å². The SMILES string of the molecule is Cc1ccc2c(C)cc3c4c2c1C1C(=Nc2ccccc21)C4C=CC3. The second-order valence-electron chi connectivity index (χ2n) is 7.62. The number of benzene rings is 3. The predicted molar refractivity (Wildman–Crippen MR) is 104 cm³/mol. The summed E-state index contributed by atoms with van der Waals surface area (Å²) in [7, 11) is 0. The Labute approximate surface area is 147 Å². The lowest BCUT2D eigenvalue weighted by molar-refractivity contribution is 0.949. The number of allylic oxidation sites excluding steroid dienone is 2. The van der Waals surface area contributed by atoms with Crippen molar-refractivity contribution in [1.82, 2.24) is 0 Å². The van der Waals surface area contributed by atoms with Gasteiger partial charge >= 0.3 is 0 Å². The van der Waals surface area contributed by atoms with E-state index in [1.807, 2.05) is 0 Å². The van der Waals surface area contributed by atoms with Crippen molar-refractivity contribution in [3.05, 3.63) is 88.0 Å². The van der Waals surface area contributed by atoms with Crippen LogP contribution in [0.5, 0.6) is 0 Å². The van der Waals surface area contributed by atoms with Crippen LogP contribution in [0.3, 0.4) is 0 Å². The molecule has 25 heavy (non-hydrogen) atoms. The van der Waals surface area contributed by atoms with Crippen molar-refractivity contribution in [2.75, 3.05) is 0 Å². The minimum atomic E-state index is 0.315. The molecule has 1 nitrogen and oxygen atoms in total. The molecule has 0 radical (unpaired) electrons. The van der Waals surface area contributed by atoms with Crippen LogP contribution >= 0.6 is 0 Å². The molecule has 0 aromatic heterocycles. The molecule has 6 rings (SSSR count). The molecule has 0 N–H and O–H groups in total. The molecule has 2 aliphatic carbocycles. The molecule has 0 saturated heterocycles. The van der Waals surface area contributed by atoms with E-state index in [0.29, 0.717) is 11.8 Å². The first-order chi connectivity index (χ1) is 12.2. The monoisotopic (exact) mass is 321 g/mol. The Morgan fingerprint density at radius 1 is 0.960 bits per heavy atom. The number of hydrogen-bond acceptors (Lipinski definition) is 1. The molecule has 0 spiro atoms. The van der Waals surface area contributed by atoms with Gasteiger partial charge in [0.2, 0.25) is 0 Å². The third kappa shape index (κ3) is 1.57. The van der Waals surface area contributed by atoms with E-state index in [9.17, 15) is 0 Å². The van der Waals surface area contributed by atoms with E-state index >= 15 is 0 Å². The summed E-state index contributed by atoms with van der Waals surface area (Å²) in [6.45, 7) is 4.52. The topological polar surface area (TPSA) is 12.4 Å². The summed E-state index contributed by atoms with van der Waals surface area (Å²) >= 11 is 0. The van der Waals surface area contributed by atoms with Crippen LogP contribution in [0.25, 0.3) is 10.8 Å². The first-order valence-corrected chi connectivity index (χ1v) is 9.13. The minimum absolute atomic E-state index is 0.315. The normalized spacial score (nSPS) is 21.9. The molecule has 0 saturated carbocycles. The summed E-state index contributed by atoms with van der Waals surface area (Å²) < 4.78 is 0. The molecular formula is C24H19N. The van der Waals surface area contributed by atoms with Crippen LogP contribution in [0.1, 0.15) is 45.2 Å². The summed E-state index contributed by atoms with van der Waals surface area (Å²) in [5, 5.41) is 2.92. The fourth-order valence-corrected chi connectivity index (χ4v) is 5.24. The van der Waals surface area contributed by atoms with Crippen molar-refractivity contribution in [2.45, 2.75) is 32.1 Å². The van der Waals surface area contributed by atoms with Gasteiger partial charge in [-0.05, 0) is 70.5 Å². The number of aliphatic imine (C=N–C) groups is 1. The van der Waals surface area contributed by atoms with Crippen LogP contribution in [0.4, 0.5) is 5.69 Å². The van der Waals surface area contributed by atoms with E-state index < -0.39 is 0 Å². The molecule has 3 aromatic carbocycles. The van der Waals surface area contributed by atoms with Gasteiger partial charge < -0.3 is 0 Å². The van der Waals surface area contributed by atoms with Gasteiger partial charge in [-0.3, -0.25) is 4.99 Å². The first-order valence-electron chi connectivity index (χ1n) is 9.13. The lowest BCUT2D eigenvalue weighted by atomic mass is 9.67. The summed E-state index contributed by atoms with van der Waals surface area (Å²) in [5.41, 5.74) is 11.1. The third-order valence-electron chi connectivity index (χ3n) is 6.27. The van der Waals surface area contributed by atoms with Crippen molar-refractivity contribution < 1.29 is 0 Å². The average Bonchev–Trinajstić information content (AvgIpc) is 3.01. The highest BCUT2D eigenvalue weighted by Crippen LogP contribution is 2.53. The Morgan fingerprint density at radius 3 is 2.76 bits per heavy atom. The molecule has 1 heteroatoms. The number of hydrogen-bond donors (Lipinski definition) is 0. The summed E-state index contributed by atoms with van der Waals surface area (Å²) in [6.07, 6.45) is 5.77. The summed E-state index contributed by atoms with van der Waals surface area (Å²) in [4.78, 5) is 5.12. The molecule has 0 fully saturated rings. The number of nitrogens with zero attached hydrogens (tertiary/aromatic N) is 1. The van der Waals surface area contributed by atoms with E-state index in [2.05, 4.69) is 68.5 Å². The van der Waals surface area contributed by atoms with Gasteiger partial charge in [0.05, 0.1) is 11.6 Å². The maximum absolute atomic E-state index is 5.12. The number of rotatable bonds is 0. The van der Waals surface area contributed by atoms with E-state index in [1.165, 1.54) is 49.9 Å².